The van der Waals surface area contributed by atoms with Gasteiger partial charge < -0.3 is 10.1 Å². The number of hydrogen-bond donors (Lipinski definition) is 1. The van der Waals surface area contributed by atoms with E-state index in [1.165, 1.54) is 13.3 Å². The molecule has 1 N–H and O–H groups in total. The van der Waals surface area contributed by atoms with Crippen molar-refractivity contribution < 1.29 is 13.9 Å². The average Bonchev–Trinajstić information content (AvgIpc) is 2.46. The molecular weight excluding hydrogens is 249 g/mol. The minimum atomic E-state index is -0.564. The molecule has 0 amide bonds. The van der Waals surface area contributed by atoms with E-state index in [-0.39, 0.29) is 11.4 Å². The van der Waals surface area contributed by atoms with E-state index in [2.05, 4.69) is 15.3 Å². The van der Waals surface area contributed by atoms with Gasteiger partial charge in [0.15, 0.2) is 17.9 Å². The minimum Gasteiger partial charge on any atom is -0.481 e. The van der Waals surface area contributed by atoms with Gasteiger partial charge in [-0.05, 0) is 11.6 Å². The highest BCUT2D eigenvalue weighted by Gasteiger charge is 2.05. The molecule has 0 saturated carbocycles. The standard InChI is InChI=1S/C13H12FN3O2/c1-19-12-3-2-9(5-15-12)6-16-13-11(14)4-10(8-18)7-17-13/h2-5,7-8H,6H2,1H3,(H,16,17). The fraction of sp³-hybridized carbons (Fsp3) is 0.154. The third-order valence-corrected chi connectivity index (χ3v) is 2.47. The number of nitrogens with one attached hydrogen (secondary N) is 1. The number of carbonyl (C=O) groups excluding carboxylic acids is 1. The normalized spacial score (nSPS) is 10.0. The molecule has 0 bridgehead atoms. The van der Waals surface area contributed by atoms with Gasteiger partial charge in [0.05, 0.1) is 7.11 Å². The third-order valence-electron chi connectivity index (χ3n) is 2.47. The first-order valence-electron chi connectivity index (χ1n) is 5.56. The molecule has 0 aliphatic rings. The smallest absolute Gasteiger partial charge is 0.212 e. The Hall–Kier alpha value is -2.50. The van der Waals surface area contributed by atoms with Crippen LogP contribution in [0.2, 0.25) is 0 Å². The first kappa shape index (κ1) is 12.9. The maximum Gasteiger partial charge on any atom is 0.212 e. The van der Waals surface area contributed by atoms with Crippen LogP contribution in [0, 0.1) is 5.82 Å². The third kappa shape index (κ3) is 3.25. The van der Waals surface area contributed by atoms with Gasteiger partial charge in [0, 0.05) is 30.6 Å². The van der Waals surface area contributed by atoms with Crippen LogP contribution in [0.4, 0.5) is 10.2 Å². The molecule has 19 heavy (non-hydrogen) atoms. The van der Waals surface area contributed by atoms with Crippen molar-refractivity contribution in [2.24, 2.45) is 0 Å². The fourth-order valence-corrected chi connectivity index (χ4v) is 1.47. The zero-order valence-electron chi connectivity index (χ0n) is 10.3. The van der Waals surface area contributed by atoms with Crippen LogP contribution in [0.25, 0.3) is 0 Å². The Labute approximate surface area is 109 Å². The molecule has 0 unspecified atom stereocenters. The average molecular weight is 261 g/mol. The lowest BCUT2D eigenvalue weighted by molar-refractivity contribution is 0.112. The van der Waals surface area contributed by atoms with Crippen molar-refractivity contribution in [3.05, 3.63) is 47.5 Å². The number of carbonyl (C=O) groups is 1. The quantitative estimate of drug-likeness (QED) is 0.834. The van der Waals surface area contributed by atoms with E-state index in [0.29, 0.717) is 18.7 Å². The maximum absolute atomic E-state index is 13.5. The molecule has 98 valence electrons. The zero-order valence-corrected chi connectivity index (χ0v) is 10.3. The number of pyridine rings is 2. The Morgan fingerprint density at radius 2 is 2.21 bits per heavy atom. The van der Waals surface area contributed by atoms with E-state index < -0.39 is 5.82 Å². The molecule has 2 aromatic heterocycles. The number of halogens is 1. The number of anilines is 1. The zero-order chi connectivity index (χ0) is 13.7. The van der Waals surface area contributed by atoms with Crippen LogP contribution in [-0.2, 0) is 6.54 Å². The van der Waals surface area contributed by atoms with Crippen molar-refractivity contribution in [1.29, 1.82) is 0 Å². The number of hydrogen-bond acceptors (Lipinski definition) is 5. The summed E-state index contributed by atoms with van der Waals surface area (Å²) in [5.41, 5.74) is 1.07. The second-order valence-electron chi connectivity index (χ2n) is 3.78. The van der Waals surface area contributed by atoms with Crippen LogP contribution in [0.5, 0.6) is 5.88 Å². The number of ether oxygens (including phenoxy) is 1. The van der Waals surface area contributed by atoms with Gasteiger partial charge in [-0.1, -0.05) is 6.07 Å². The monoisotopic (exact) mass is 261 g/mol. The second-order valence-corrected chi connectivity index (χ2v) is 3.78. The lowest BCUT2D eigenvalue weighted by Crippen LogP contribution is -2.04. The van der Waals surface area contributed by atoms with Crippen LogP contribution in [-0.4, -0.2) is 23.4 Å². The predicted octanol–water partition coefficient (Wildman–Crippen LogP) is 2.05. The SMILES string of the molecule is COc1ccc(CNc2ncc(C=O)cc2F)cn1. The summed E-state index contributed by atoms with van der Waals surface area (Å²) in [5, 5.41) is 2.84. The van der Waals surface area contributed by atoms with E-state index >= 15 is 0 Å². The summed E-state index contributed by atoms with van der Waals surface area (Å²) in [6.45, 7) is 0.376. The Morgan fingerprint density at radius 1 is 1.37 bits per heavy atom. The summed E-state index contributed by atoms with van der Waals surface area (Å²) in [6.07, 6.45) is 3.49. The molecule has 6 heteroatoms. The van der Waals surface area contributed by atoms with Gasteiger partial charge in [-0.25, -0.2) is 14.4 Å². The number of aromatic nitrogens is 2. The van der Waals surface area contributed by atoms with Crippen molar-refractivity contribution in [3.63, 3.8) is 0 Å². The molecule has 2 rings (SSSR count). The molecule has 5 nitrogen and oxygen atoms in total. The molecular formula is C13H12FN3O2. The summed E-state index contributed by atoms with van der Waals surface area (Å²) in [7, 11) is 1.54. The van der Waals surface area contributed by atoms with Gasteiger partial charge in [0.2, 0.25) is 5.88 Å². The lowest BCUT2D eigenvalue weighted by Gasteiger charge is -2.07. The van der Waals surface area contributed by atoms with E-state index in [0.717, 1.165) is 11.6 Å². The second kappa shape index (κ2) is 5.90. The molecule has 0 aliphatic carbocycles. The Morgan fingerprint density at radius 3 is 2.79 bits per heavy atom. The van der Waals surface area contributed by atoms with E-state index in [4.69, 9.17) is 4.74 Å². The predicted molar refractivity (Wildman–Crippen MR) is 67.7 cm³/mol. The highest BCUT2D eigenvalue weighted by atomic mass is 19.1. The van der Waals surface area contributed by atoms with Crippen molar-refractivity contribution in [3.8, 4) is 5.88 Å². The molecule has 2 aromatic rings. The van der Waals surface area contributed by atoms with Crippen molar-refractivity contribution in [2.45, 2.75) is 6.54 Å². The first-order valence-corrected chi connectivity index (χ1v) is 5.56. The van der Waals surface area contributed by atoms with Gasteiger partial charge >= 0.3 is 0 Å². The number of rotatable bonds is 5. The summed E-state index contributed by atoms with van der Waals surface area (Å²) in [4.78, 5) is 18.3. The van der Waals surface area contributed by atoms with E-state index in [1.54, 1.807) is 12.3 Å². The molecule has 0 radical (unpaired) electrons. The summed E-state index contributed by atoms with van der Waals surface area (Å²) in [5.74, 6) is 0.0517. The van der Waals surface area contributed by atoms with Gasteiger partial charge in [-0.15, -0.1) is 0 Å². The van der Waals surface area contributed by atoms with Gasteiger partial charge in [-0.2, -0.15) is 0 Å². The highest BCUT2D eigenvalue weighted by molar-refractivity contribution is 5.74. The summed E-state index contributed by atoms with van der Waals surface area (Å²) < 4.78 is 18.5. The molecule has 0 spiro atoms. The van der Waals surface area contributed by atoms with Crippen LogP contribution in [0.1, 0.15) is 15.9 Å². The first-order chi connectivity index (χ1) is 9.22. The van der Waals surface area contributed by atoms with E-state index in [9.17, 15) is 9.18 Å². The van der Waals surface area contributed by atoms with Gasteiger partial charge in [0.25, 0.3) is 0 Å². The molecule has 0 fully saturated rings. The molecule has 2 heterocycles. The summed E-state index contributed by atoms with van der Waals surface area (Å²) in [6, 6.07) is 4.67. The van der Waals surface area contributed by atoms with Crippen LogP contribution in [0.3, 0.4) is 0 Å². The minimum absolute atomic E-state index is 0.0985. The van der Waals surface area contributed by atoms with Gasteiger partial charge in [-0.3, -0.25) is 4.79 Å². The van der Waals surface area contributed by atoms with Gasteiger partial charge in [0.1, 0.15) is 0 Å². The topological polar surface area (TPSA) is 64.1 Å². The van der Waals surface area contributed by atoms with Crippen LogP contribution >= 0.6 is 0 Å². The number of aldehydes is 1. The Kier molecular flexibility index (Phi) is 4.02. The largest absolute Gasteiger partial charge is 0.481 e. The highest BCUT2D eigenvalue weighted by Crippen LogP contribution is 2.13. The van der Waals surface area contributed by atoms with Crippen LogP contribution in [0.15, 0.2) is 30.6 Å². The maximum atomic E-state index is 13.5. The van der Waals surface area contributed by atoms with Crippen molar-refractivity contribution >= 4 is 12.1 Å². The fourth-order valence-electron chi connectivity index (χ4n) is 1.47. The number of methoxy groups -OCH3 is 1. The number of nitrogens with zero attached hydrogens (tertiary/aromatic N) is 2. The Balaban J connectivity index is 2.03. The van der Waals surface area contributed by atoms with Crippen LogP contribution < -0.4 is 10.1 Å². The lowest BCUT2D eigenvalue weighted by atomic mass is 10.2. The van der Waals surface area contributed by atoms with Crippen molar-refractivity contribution in [1.82, 2.24) is 9.97 Å². The van der Waals surface area contributed by atoms with Crippen molar-refractivity contribution in [2.75, 3.05) is 12.4 Å². The molecule has 0 saturated heterocycles. The molecule has 0 aromatic carbocycles. The molecule has 0 aliphatic heterocycles. The van der Waals surface area contributed by atoms with E-state index in [1.807, 2.05) is 6.07 Å². The molecule has 0 atom stereocenters. The Bertz CT molecular complexity index is 573. The summed E-state index contributed by atoms with van der Waals surface area (Å²) >= 11 is 0.